The van der Waals surface area contributed by atoms with Crippen LogP contribution >= 0.6 is 11.6 Å². The molecule has 3 nitrogen and oxygen atoms in total. The molecule has 1 unspecified atom stereocenters. The van der Waals surface area contributed by atoms with Crippen molar-refractivity contribution < 1.29 is 4.42 Å². The topological polar surface area (TPSA) is 38.9 Å². The Morgan fingerprint density at radius 3 is 2.62 bits per heavy atom. The molecule has 0 aliphatic heterocycles. The molecule has 1 aromatic heterocycles. The summed E-state index contributed by atoms with van der Waals surface area (Å²) in [7, 11) is 0. The molecule has 4 heteroatoms. The second-order valence-corrected chi connectivity index (χ2v) is 4.23. The Labute approximate surface area is 82.5 Å². The molecule has 1 aromatic rings. The first-order chi connectivity index (χ1) is 6.27. The third-order valence-electron chi connectivity index (χ3n) is 2.50. The Morgan fingerprint density at radius 2 is 2.08 bits per heavy atom. The highest BCUT2D eigenvalue weighted by atomic mass is 35.5. The minimum Gasteiger partial charge on any atom is -0.423 e. The van der Waals surface area contributed by atoms with Crippen molar-refractivity contribution in [2.45, 2.75) is 43.9 Å². The van der Waals surface area contributed by atoms with Crippen molar-refractivity contribution in [1.82, 2.24) is 10.2 Å². The molecule has 13 heavy (non-hydrogen) atoms. The average Bonchev–Trinajstić information content (AvgIpc) is 2.75. The van der Waals surface area contributed by atoms with Crippen LogP contribution in [0.5, 0.6) is 0 Å². The zero-order chi connectivity index (χ0) is 9.26. The van der Waals surface area contributed by atoms with E-state index in [-0.39, 0.29) is 5.38 Å². The molecule has 1 saturated carbocycles. The van der Waals surface area contributed by atoms with Gasteiger partial charge in [0.05, 0.1) is 0 Å². The molecule has 1 heterocycles. The van der Waals surface area contributed by atoms with Gasteiger partial charge in [-0.1, -0.05) is 12.8 Å². The van der Waals surface area contributed by atoms with Gasteiger partial charge in [0.25, 0.3) is 0 Å². The van der Waals surface area contributed by atoms with Crippen molar-refractivity contribution in [2.24, 2.45) is 0 Å². The van der Waals surface area contributed by atoms with Gasteiger partial charge in [0, 0.05) is 5.92 Å². The zero-order valence-corrected chi connectivity index (χ0v) is 8.42. The van der Waals surface area contributed by atoms with Crippen LogP contribution in [-0.4, -0.2) is 10.2 Å². The van der Waals surface area contributed by atoms with Crippen LogP contribution in [0.2, 0.25) is 0 Å². The molecule has 72 valence electrons. The van der Waals surface area contributed by atoms with Crippen LogP contribution in [0.4, 0.5) is 0 Å². The van der Waals surface area contributed by atoms with Crippen LogP contribution in [0.1, 0.15) is 55.7 Å². The van der Waals surface area contributed by atoms with Gasteiger partial charge in [-0.2, -0.15) is 0 Å². The number of aromatic nitrogens is 2. The highest BCUT2D eigenvalue weighted by molar-refractivity contribution is 6.20. The lowest BCUT2D eigenvalue weighted by Gasteiger charge is -2.00. The van der Waals surface area contributed by atoms with E-state index in [4.69, 9.17) is 16.0 Å². The van der Waals surface area contributed by atoms with Gasteiger partial charge in [-0.05, 0) is 19.8 Å². The highest BCUT2D eigenvalue weighted by Gasteiger charge is 2.23. The average molecular weight is 201 g/mol. The first kappa shape index (κ1) is 9.00. The molecular formula is C9H13ClN2O. The Kier molecular flexibility index (Phi) is 2.54. The van der Waals surface area contributed by atoms with Gasteiger partial charge < -0.3 is 4.42 Å². The number of halogens is 1. The van der Waals surface area contributed by atoms with Crippen LogP contribution < -0.4 is 0 Å². The first-order valence-electron chi connectivity index (χ1n) is 4.74. The third-order valence-corrected chi connectivity index (χ3v) is 2.69. The van der Waals surface area contributed by atoms with Gasteiger partial charge in [-0.25, -0.2) is 0 Å². The zero-order valence-electron chi connectivity index (χ0n) is 7.66. The fraction of sp³-hybridized carbons (Fsp3) is 0.778. The quantitative estimate of drug-likeness (QED) is 0.689. The van der Waals surface area contributed by atoms with Gasteiger partial charge in [0.1, 0.15) is 5.38 Å². The molecule has 1 atom stereocenters. The second-order valence-electron chi connectivity index (χ2n) is 3.58. The summed E-state index contributed by atoms with van der Waals surface area (Å²) in [5.74, 6) is 1.81. The SMILES string of the molecule is CC(Cl)c1nnc(C2CCCC2)o1. The molecule has 1 aliphatic carbocycles. The predicted octanol–water partition coefficient (Wildman–Crippen LogP) is 3.03. The molecule has 0 saturated heterocycles. The molecule has 1 fully saturated rings. The summed E-state index contributed by atoms with van der Waals surface area (Å²) >= 11 is 5.83. The van der Waals surface area contributed by atoms with E-state index in [1.165, 1.54) is 25.7 Å². The van der Waals surface area contributed by atoms with Crippen molar-refractivity contribution in [2.75, 3.05) is 0 Å². The van der Waals surface area contributed by atoms with E-state index in [2.05, 4.69) is 10.2 Å². The molecule has 0 radical (unpaired) electrons. The fourth-order valence-electron chi connectivity index (χ4n) is 1.75. The largest absolute Gasteiger partial charge is 0.423 e. The van der Waals surface area contributed by atoms with Gasteiger partial charge in [0.15, 0.2) is 0 Å². The predicted molar refractivity (Wildman–Crippen MR) is 49.8 cm³/mol. The number of nitrogens with zero attached hydrogens (tertiary/aromatic N) is 2. The summed E-state index contributed by atoms with van der Waals surface area (Å²) in [6, 6.07) is 0. The van der Waals surface area contributed by atoms with E-state index >= 15 is 0 Å². The third kappa shape index (κ3) is 1.85. The van der Waals surface area contributed by atoms with Crippen molar-refractivity contribution in [1.29, 1.82) is 0 Å². The summed E-state index contributed by atoms with van der Waals surface area (Å²) in [5.41, 5.74) is 0. The van der Waals surface area contributed by atoms with Gasteiger partial charge in [0.2, 0.25) is 11.8 Å². The number of rotatable bonds is 2. The Balaban J connectivity index is 2.12. The fourth-order valence-corrected chi connectivity index (χ4v) is 1.83. The lowest BCUT2D eigenvalue weighted by Crippen LogP contribution is -1.91. The molecular weight excluding hydrogens is 188 g/mol. The Hall–Kier alpha value is -0.570. The normalized spacial score (nSPS) is 20.8. The van der Waals surface area contributed by atoms with E-state index in [0.29, 0.717) is 11.8 Å². The summed E-state index contributed by atoms with van der Waals surface area (Å²) in [5, 5.41) is 7.75. The van der Waals surface area contributed by atoms with Crippen LogP contribution in [0.3, 0.4) is 0 Å². The van der Waals surface area contributed by atoms with E-state index in [0.717, 1.165) is 5.89 Å². The maximum atomic E-state index is 5.83. The smallest absolute Gasteiger partial charge is 0.234 e. The molecule has 0 spiro atoms. The van der Waals surface area contributed by atoms with Crippen molar-refractivity contribution in [3.05, 3.63) is 11.8 Å². The Morgan fingerprint density at radius 1 is 1.38 bits per heavy atom. The first-order valence-corrected chi connectivity index (χ1v) is 5.18. The van der Waals surface area contributed by atoms with Crippen LogP contribution in [0.15, 0.2) is 4.42 Å². The minimum atomic E-state index is -0.178. The van der Waals surface area contributed by atoms with E-state index < -0.39 is 0 Å². The number of hydrogen-bond acceptors (Lipinski definition) is 3. The number of hydrogen-bond donors (Lipinski definition) is 0. The highest BCUT2D eigenvalue weighted by Crippen LogP contribution is 2.34. The Bertz CT molecular complexity index is 279. The molecule has 2 rings (SSSR count). The lowest BCUT2D eigenvalue weighted by atomic mass is 10.1. The van der Waals surface area contributed by atoms with E-state index in [1.807, 2.05) is 6.92 Å². The molecule has 1 aliphatic rings. The van der Waals surface area contributed by atoms with Crippen LogP contribution in [0, 0.1) is 0 Å². The van der Waals surface area contributed by atoms with Crippen LogP contribution in [0.25, 0.3) is 0 Å². The molecule has 0 bridgehead atoms. The van der Waals surface area contributed by atoms with E-state index in [9.17, 15) is 0 Å². The summed E-state index contributed by atoms with van der Waals surface area (Å²) in [6.45, 7) is 1.84. The van der Waals surface area contributed by atoms with Gasteiger partial charge in [-0.3, -0.25) is 0 Å². The van der Waals surface area contributed by atoms with Crippen molar-refractivity contribution in [3.63, 3.8) is 0 Å². The second kappa shape index (κ2) is 3.66. The van der Waals surface area contributed by atoms with Gasteiger partial charge >= 0.3 is 0 Å². The van der Waals surface area contributed by atoms with Gasteiger partial charge in [-0.15, -0.1) is 21.8 Å². The molecule has 0 N–H and O–H groups in total. The maximum absolute atomic E-state index is 5.83. The van der Waals surface area contributed by atoms with Crippen molar-refractivity contribution >= 4 is 11.6 Å². The number of alkyl halides is 1. The minimum absolute atomic E-state index is 0.178. The summed E-state index contributed by atoms with van der Waals surface area (Å²) in [6.07, 6.45) is 4.91. The standard InChI is InChI=1S/C9H13ClN2O/c1-6(10)8-11-12-9(13-8)7-4-2-3-5-7/h6-7H,2-5H2,1H3. The molecule has 0 aromatic carbocycles. The van der Waals surface area contributed by atoms with Crippen LogP contribution in [-0.2, 0) is 0 Å². The van der Waals surface area contributed by atoms with E-state index in [1.54, 1.807) is 0 Å². The lowest BCUT2D eigenvalue weighted by molar-refractivity contribution is 0.416. The molecule has 0 amide bonds. The maximum Gasteiger partial charge on any atom is 0.234 e. The monoisotopic (exact) mass is 200 g/mol. The summed E-state index contributed by atoms with van der Waals surface area (Å²) < 4.78 is 5.47. The summed E-state index contributed by atoms with van der Waals surface area (Å²) in [4.78, 5) is 0. The van der Waals surface area contributed by atoms with Crippen molar-refractivity contribution in [3.8, 4) is 0 Å².